The number of aromatic nitrogens is 2. The summed E-state index contributed by atoms with van der Waals surface area (Å²) in [6.45, 7) is 7.98. The Hall–Kier alpha value is -1.28. The first-order chi connectivity index (χ1) is 10.7. The maximum absolute atomic E-state index is 12.4. The highest BCUT2D eigenvalue weighted by atomic mass is 32.1. The number of H-pyrrole nitrogens is 1. The van der Waals surface area contributed by atoms with Crippen LogP contribution >= 0.6 is 11.3 Å². The summed E-state index contributed by atoms with van der Waals surface area (Å²) in [5, 5.41) is 19.6. The molecule has 0 fully saturated rings. The first-order valence-electron chi connectivity index (χ1n) is 7.64. The van der Waals surface area contributed by atoms with Crippen LogP contribution < -0.4 is 5.56 Å². The van der Waals surface area contributed by atoms with Gasteiger partial charge in [-0.3, -0.25) is 9.69 Å². The standard InChI is InChI=1S/C16H25N3O3S/c1-9-11(3)23-15-12(9)14(22)17-13(18-15)10(2)19(5)6-16(4,7-20)8-21/h10,20-21H,6-8H2,1-5H3,(H,17,18,22). The van der Waals surface area contributed by atoms with Gasteiger partial charge >= 0.3 is 0 Å². The Kier molecular flexibility index (Phi) is 5.25. The highest BCUT2D eigenvalue weighted by Crippen LogP contribution is 2.28. The average molecular weight is 339 g/mol. The zero-order chi connectivity index (χ0) is 17.4. The summed E-state index contributed by atoms with van der Waals surface area (Å²) in [7, 11) is 1.89. The molecule has 0 aliphatic heterocycles. The van der Waals surface area contributed by atoms with Crippen LogP contribution in [0.25, 0.3) is 10.2 Å². The highest BCUT2D eigenvalue weighted by Gasteiger charge is 2.27. The molecular weight excluding hydrogens is 314 g/mol. The number of hydrogen-bond donors (Lipinski definition) is 3. The van der Waals surface area contributed by atoms with Crippen LogP contribution in [0.15, 0.2) is 4.79 Å². The molecule has 1 atom stereocenters. The van der Waals surface area contributed by atoms with Crippen molar-refractivity contribution in [2.75, 3.05) is 26.8 Å². The first kappa shape index (κ1) is 18.1. The van der Waals surface area contributed by atoms with Gasteiger partial charge in [-0.25, -0.2) is 4.98 Å². The van der Waals surface area contributed by atoms with Crippen LogP contribution in [0.1, 0.15) is 36.2 Å². The molecule has 1 unspecified atom stereocenters. The van der Waals surface area contributed by atoms with E-state index in [0.717, 1.165) is 15.3 Å². The normalized spacial score (nSPS) is 13.9. The molecule has 2 heterocycles. The van der Waals surface area contributed by atoms with Gasteiger partial charge in [0.15, 0.2) is 0 Å². The van der Waals surface area contributed by atoms with Crippen molar-refractivity contribution in [3.8, 4) is 0 Å². The molecule has 0 radical (unpaired) electrons. The molecule has 2 aromatic heterocycles. The van der Waals surface area contributed by atoms with Gasteiger partial charge in [0, 0.05) is 16.8 Å². The molecular formula is C16H25N3O3S. The Labute approximate surface area is 139 Å². The third-order valence-electron chi connectivity index (χ3n) is 4.51. The monoisotopic (exact) mass is 339 g/mol. The topological polar surface area (TPSA) is 89.4 Å². The van der Waals surface area contributed by atoms with Crippen LogP contribution in [-0.4, -0.2) is 51.9 Å². The van der Waals surface area contributed by atoms with Crippen LogP contribution in [0.3, 0.4) is 0 Å². The molecule has 0 bridgehead atoms. The number of rotatable bonds is 6. The second-order valence-electron chi connectivity index (χ2n) is 6.63. The van der Waals surface area contributed by atoms with Crippen molar-refractivity contribution in [1.29, 1.82) is 0 Å². The van der Waals surface area contributed by atoms with E-state index >= 15 is 0 Å². The zero-order valence-electron chi connectivity index (χ0n) is 14.3. The number of thiophene rings is 1. The number of aliphatic hydroxyl groups is 2. The summed E-state index contributed by atoms with van der Waals surface area (Å²) in [5.41, 5.74) is 0.280. The van der Waals surface area contributed by atoms with Crippen molar-refractivity contribution in [3.63, 3.8) is 0 Å². The van der Waals surface area contributed by atoms with Gasteiger partial charge in [0.2, 0.25) is 0 Å². The lowest BCUT2D eigenvalue weighted by molar-refractivity contribution is 0.0317. The van der Waals surface area contributed by atoms with Gasteiger partial charge in [-0.1, -0.05) is 6.92 Å². The van der Waals surface area contributed by atoms with Crippen molar-refractivity contribution < 1.29 is 10.2 Å². The smallest absolute Gasteiger partial charge is 0.259 e. The molecule has 0 amide bonds. The molecule has 0 spiro atoms. The summed E-state index contributed by atoms with van der Waals surface area (Å²) in [6.07, 6.45) is 0. The summed E-state index contributed by atoms with van der Waals surface area (Å²) in [5.74, 6) is 0.601. The molecule has 2 rings (SSSR count). The minimum atomic E-state index is -0.594. The zero-order valence-corrected chi connectivity index (χ0v) is 15.1. The van der Waals surface area contributed by atoms with E-state index in [2.05, 4.69) is 9.97 Å². The Morgan fingerprint density at radius 3 is 2.52 bits per heavy atom. The fraction of sp³-hybridized carbons (Fsp3) is 0.625. The molecule has 6 nitrogen and oxygen atoms in total. The molecule has 2 aromatic rings. The molecule has 0 aliphatic rings. The third kappa shape index (κ3) is 3.47. The van der Waals surface area contributed by atoms with Crippen LogP contribution in [0.2, 0.25) is 0 Å². The van der Waals surface area contributed by atoms with E-state index in [1.54, 1.807) is 0 Å². The molecule has 23 heavy (non-hydrogen) atoms. The van der Waals surface area contributed by atoms with Gasteiger partial charge in [0.1, 0.15) is 10.7 Å². The van der Waals surface area contributed by atoms with Gasteiger partial charge in [-0.15, -0.1) is 11.3 Å². The highest BCUT2D eigenvalue weighted by molar-refractivity contribution is 7.18. The maximum Gasteiger partial charge on any atom is 0.259 e. The van der Waals surface area contributed by atoms with Crippen LogP contribution in [-0.2, 0) is 0 Å². The van der Waals surface area contributed by atoms with Crippen molar-refractivity contribution in [2.45, 2.75) is 33.7 Å². The van der Waals surface area contributed by atoms with E-state index in [4.69, 9.17) is 0 Å². The lowest BCUT2D eigenvalue weighted by atomic mass is 9.92. The molecule has 3 N–H and O–H groups in total. The van der Waals surface area contributed by atoms with Crippen molar-refractivity contribution in [1.82, 2.24) is 14.9 Å². The maximum atomic E-state index is 12.4. The predicted octanol–water partition coefficient (Wildman–Crippen LogP) is 1.59. The Morgan fingerprint density at radius 2 is 1.96 bits per heavy atom. The quantitative estimate of drug-likeness (QED) is 0.743. The van der Waals surface area contributed by atoms with E-state index < -0.39 is 5.41 Å². The van der Waals surface area contributed by atoms with E-state index in [0.29, 0.717) is 17.8 Å². The lowest BCUT2D eigenvalue weighted by Crippen LogP contribution is -2.40. The lowest BCUT2D eigenvalue weighted by Gasteiger charge is -2.33. The van der Waals surface area contributed by atoms with Gasteiger partial charge < -0.3 is 15.2 Å². The van der Waals surface area contributed by atoms with E-state index in [-0.39, 0.29) is 24.8 Å². The van der Waals surface area contributed by atoms with Gasteiger partial charge in [-0.2, -0.15) is 0 Å². The summed E-state index contributed by atoms with van der Waals surface area (Å²) >= 11 is 1.53. The van der Waals surface area contributed by atoms with Gasteiger partial charge in [0.25, 0.3) is 5.56 Å². The minimum absolute atomic E-state index is 0.104. The number of aliphatic hydroxyl groups excluding tert-OH is 2. The minimum Gasteiger partial charge on any atom is -0.396 e. The van der Waals surface area contributed by atoms with Gasteiger partial charge in [-0.05, 0) is 33.4 Å². The first-order valence-corrected chi connectivity index (χ1v) is 8.46. The Balaban J connectivity index is 2.34. The molecule has 0 saturated heterocycles. The van der Waals surface area contributed by atoms with Crippen LogP contribution in [0.5, 0.6) is 0 Å². The van der Waals surface area contributed by atoms with Crippen molar-refractivity contribution in [2.24, 2.45) is 5.41 Å². The number of aromatic amines is 1. The number of nitrogens with zero attached hydrogens (tertiary/aromatic N) is 2. The second kappa shape index (κ2) is 6.68. The van der Waals surface area contributed by atoms with Crippen LogP contribution in [0, 0.1) is 19.3 Å². The summed E-state index contributed by atoms with van der Waals surface area (Å²) in [4.78, 5) is 23.7. The molecule has 0 aromatic carbocycles. The van der Waals surface area contributed by atoms with Crippen molar-refractivity contribution in [3.05, 3.63) is 26.6 Å². The number of aryl methyl sites for hydroxylation is 2. The number of fused-ring (bicyclic) bond motifs is 1. The molecule has 0 aliphatic carbocycles. The second-order valence-corrected chi connectivity index (χ2v) is 7.84. The predicted molar refractivity (Wildman–Crippen MR) is 93.0 cm³/mol. The van der Waals surface area contributed by atoms with E-state index in [1.807, 2.05) is 39.6 Å². The molecule has 128 valence electrons. The largest absolute Gasteiger partial charge is 0.396 e. The third-order valence-corrected chi connectivity index (χ3v) is 5.61. The van der Waals surface area contributed by atoms with E-state index in [1.165, 1.54) is 11.3 Å². The number of nitrogens with one attached hydrogen (secondary N) is 1. The summed E-state index contributed by atoms with van der Waals surface area (Å²) in [6, 6.07) is -0.132. The average Bonchev–Trinajstić information content (AvgIpc) is 2.81. The number of hydrogen-bond acceptors (Lipinski definition) is 6. The van der Waals surface area contributed by atoms with Gasteiger partial charge in [0.05, 0.1) is 24.6 Å². The fourth-order valence-corrected chi connectivity index (χ4v) is 3.60. The Morgan fingerprint density at radius 1 is 1.35 bits per heavy atom. The van der Waals surface area contributed by atoms with Crippen molar-refractivity contribution >= 4 is 21.6 Å². The SMILES string of the molecule is Cc1sc2nc(C(C)N(C)CC(C)(CO)CO)[nH]c(=O)c2c1C. The Bertz CT molecular complexity index is 749. The van der Waals surface area contributed by atoms with Crippen LogP contribution in [0.4, 0.5) is 0 Å². The summed E-state index contributed by atoms with van der Waals surface area (Å²) < 4.78 is 0. The van der Waals surface area contributed by atoms with E-state index in [9.17, 15) is 15.0 Å². The molecule has 7 heteroatoms. The molecule has 0 saturated carbocycles. The fourth-order valence-electron chi connectivity index (χ4n) is 2.57.